The summed E-state index contributed by atoms with van der Waals surface area (Å²) in [5, 5.41) is 1.81. The molecule has 0 aliphatic rings. The van der Waals surface area contributed by atoms with Gasteiger partial charge in [-0.15, -0.1) is 0 Å². The first-order valence-corrected chi connectivity index (χ1v) is 12.9. The van der Waals surface area contributed by atoms with Crippen molar-refractivity contribution in [2.45, 2.75) is 4.90 Å². The number of aromatic nitrogens is 2. The second-order valence-electron chi connectivity index (χ2n) is 8.25. The molecule has 2 aromatic heterocycles. The van der Waals surface area contributed by atoms with E-state index in [1.54, 1.807) is 36.4 Å². The van der Waals surface area contributed by atoms with Crippen LogP contribution in [0, 0.1) is 0 Å². The topological polar surface area (TPSA) is 52.0 Å². The Morgan fingerprint density at radius 1 is 0.657 bits per heavy atom. The van der Waals surface area contributed by atoms with E-state index in [2.05, 4.69) is 41.4 Å². The third-order valence-electron chi connectivity index (χ3n) is 6.16. The lowest BCUT2D eigenvalue weighted by atomic mass is 9.99. The van der Waals surface area contributed by atoms with Crippen LogP contribution in [0.15, 0.2) is 120 Å². The van der Waals surface area contributed by atoms with Crippen LogP contribution in [0.3, 0.4) is 0 Å². The Labute approximate surface area is 208 Å². The fourth-order valence-electron chi connectivity index (χ4n) is 4.47. The molecule has 0 radical (unpaired) electrons. The summed E-state index contributed by atoms with van der Waals surface area (Å²) in [5.41, 5.74) is 5.13. The second-order valence-corrected chi connectivity index (χ2v) is 10.4. The number of nitrogens with zero attached hydrogens (tertiary/aromatic N) is 2. The van der Waals surface area contributed by atoms with Crippen molar-refractivity contribution in [3.63, 3.8) is 0 Å². The zero-order chi connectivity index (χ0) is 24.0. The number of halogens is 1. The average molecular weight is 495 g/mol. The maximum Gasteiger partial charge on any atom is 0.269 e. The zero-order valence-corrected chi connectivity index (χ0v) is 20.0. The summed E-state index contributed by atoms with van der Waals surface area (Å²) in [6.07, 6.45) is 1.53. The number of pyridine rings is 1. The minimum absolute atomic E-state index is 0.196. The fraction of sp³-hybridized carbons (Fsp3) is 0. The third kappa shape index (κ3) is 3.60. The van der Waals surface area contributed by atoms with Crippen molar-refractivity contribution in [1.29, 1.82) is 0 Å². The number of benzene rings is 4. The molecule has 0 saturated carbocycles. The smallest absolute Gasteiger partial charge is 0.237 e. The summed E-state index contributed by atoms with van der Waals surface area (Å²) in [6, 6.07) is 34.3. The highest BCUT2D eigenvalue weighted by molar-refractivity contribution is 7.90. The van der Waals surface area contributed by atoms with Crippen molar-refractivity contribution in [1.82, 2.24) is 8.96 Å². The van der Waals surface area contributed by atoms with E-state index >= 15 is 0 Å². The van der Waals surface area contributed by atoms with Crippen LogP contribution >= 0.6 is 11.6 Å². The van der Waals surface area contributed by atoms with Crippen LogP contribution < -0.4 is 0 Å². The van der Waals surface area contributed by atoms with E-state index < -0.39 is 10.0 Å². The van der Waals surface area contributed by atoms with Crippen LogP contribution in [-0.2, 0) is 10.0 Å². The van der Waals surface area contributed by atoms with Gasteiger partial charge in [-0.05, 0) is 52.6 Å². The van der Waals surface area contributed by atoms with Crippen LogP contribution in [-0.4, -0.2) is 17.4 Å². The van der Waals surface area contributed by atoms with Gasteiger partial charge in [-0.1, -0.05) is 90.5 Å². The molecule has 0 amide bonds. The molecule has 0 saturated heterocycles. The molecule has 2 heterocycles. The molecule has 4 aromatic carbocycles. The molecule has 170 valence electrons. The van der Waals surface area contributed by atoms with Crippen LogP contribution in [0.25, 0.3) is 44.2 Å². The molecule has 0 unspecified atom stereocenters. The standard InChI is InChI=1S/C29H19ClN2O2S/c30-26-17-18-31-29-28(26)25-19-23(22-13-11-21(12-14-22)20-7-3-1-4-8-20)15-16-27(25)32(29)35(33,34)24-9-5-2-6-10-24/h1-19H. The van der Waals surface area contributed by atoms with Gasteiger partial charge in [-0.2, -0.15) is 0 Å². The predicted molar refractivity (Wildman–Crippen MR) is 142 cm³/mol. The molecule has 0 fully saturated rings. The fourth-order valence-corrected chi connectivity index (χ4v) is 6.20. The molecule has 0 aliphatic heterocycles. The Kier molecular flexibility index (Phi) is 5.17. The largest absolute Gasteiger partial charge is 0.269 e. The lowest BCUT2D eigenvalue weighted by Gasteiger charge is -2.09. The molecule has 0 N–H and O–H groups in total. The van der Waals surface area contributed by atoms with Gasteiger partial charge in [0, 0.05) is 17.0 Å². The Morgan fingerprint density at radius 2 is 1.23 bits per heavy atom. The van der Waals surface area contributed by atoms with Crippen LogP contribution in [0.2, 0.25) is 5.02 Å². The minimum atomic E-state index is -3.88. The SMILES string of the molecule is O=S(=O)(c1ccccc1)n1c2ccc(-c3ccc(-c4ccccc4)cc3)cc2c2c(Cl)ccnc21. The van der Waals surface area contributed by atoms with Gasteiger partial charge >= 0.3 is 0 Å². The number of fused-ring (bicyclic) bond motifs is 3. The van der Waals surface area contributed by atoms with Crippen molar-refractivity contribution in [3.05, 3.63) is 120 Å². The maximum absolute atomic E-state index is 13.6. The summed E-state index contributed by atoms with van der Waals surface area (Å²) >= 11 is 6.58. The zero-order valence-electron chi connectivity index (χ0n) is 18.5. The Bertz CT molecular complexity index is 1800. The van der Waals surface area contributed by atoms with E-state index in [0.717, 1.165) is 27.6 Å². The van der Waals surface area contributed by atoms with E-state index in [1.807, 2.05) is 36.4 Å². The Balaban J connectivity index is 1.55. The van der Waals surface area contributed by atoms with Gasteiger partial charge in [0.2, 0.25) is 0 Å². The van der Waals surface area contributed by atoms with E-state index in [9.17, 15) is 8.42 Å². The normalized spacial score (nSPS) is 11.8. The van der Waals surface area contributed by atoms with Crippen molar-refractivity contribution < 1.29 is 8.42 Å². The van der Waals surface area contributed by atoms with Crippen molar-refractivity contribution in [2.75, 3.05) is 0 Å². The summed E-state index contributed by atoms with van der Waals surface area (Å²) in [7, 11) is -3.88. The van der Waals surface area contributed by atoms with E-state index in [0.29, 0.717) is 21.6 Å². The highest BCUT2D eigenvalue weighted by Crippen LogP contribution is 2.37. The van der Waals surface area contributed by atoms with Crippen molar-refractivity contribution in [3.8, 4) is 22.3 Å². The van der Waals surface area contributed by atoms with E-state index in [1.165, 1.54) is 10.2 Å². The lowest BCUT2D eigenvalue weighted by molar-refractivity contribution is 0.590. The van der Waals surface area contributed by atoms with E-state index in [4.69, 9.17) is 11.6 Å². The first kappa shape index (κ1) is 21.6. The second kappa shape index (κ2) is 8.38. The summed E-state index contributed by atoms with van der Waals surface area (Å²) < 4.78 is 28.6. The molecular formula is C29H19ClN2O2S. The first-order valence-electron chi connectivity index (χ1n) is 11.1. The van der Waals surface area contributed by atoms with Crippen LogP contribution in [0.1, 0.15) is 0 Å². The van der Waals surface area contributed by atoms with Gasteiger partial charge in [-0.25, -0.2) is 17.4 Å². The summed E-state index contributed by atoms with van der Waals surface area (Å²) in [4.78, 5) is 4.61. The highest BCUT2D eigenvalue weighted by Gasteiger charge is 2.25. The molecule has 0 spiro atoms. The first-order chi connectivity index (χ1) is 17.0. The third-order valence-corrected chi connectivity index (χ3v) is 8.20. The Hall–Kier alpha value is -3.93. The average Bonchev–Trinajstić information content (AvgIpc) is 3.25. The van der Waals surface area contributed by atoms with Crippen LogP contribution in [0.5, 0.6) is 0 Å². The molecule has 0 atom stereocenters. The molecule has 35 heavy (non-hydrogen) atoms. The van der Waals surface area contributed by atoms with Crippen molar-refractivity contribution >= 4 is 43.6 Å². The molecule has 6 rings (SSSR count). The predicted octanol–water partition coefficient (Wildman–Crippen LogP) is 7.41. The molecule has 6 heteroatoms. The van der Waals surface area contributed by atoms with E-state index in [-0.39, 0.29) is 4.90 Å². The van der Waals surface area contributed by atoms with Crippen LogP contribution in [0.4, 0.5) is 0 Å². The molecule has 0 bridgehead atoms. The van der Waals surface area contributed by atoms with Gasteiger partial charge in [0.1, 0.15) is 0 Å². The molecule has 0 aliphatic carbocycles. The maximum atomic E-state index is 13.6. The number of hydrogen-bond donors (Lipinski definition) is 0. The van der Waals surface area contributed by atoms with Gasteiger partial charge < -0.3 is 0 Å². The quantitative estimate of drug-likeness (QED) is 0.256. The number of hydrogen-bond acceptors (Lipinski definition) is 3. The van der Waals surface area contributed by atoms with Gasteiger partial charge in [0.05, 0.1) is 15.4 Å². The monoisotopic (exact) mass is 494 g/mol. The van der Waals surface area contributed by atoms with Crippen molar-refractivity contribution in [2.24, 2.45) is 0 Å². The molecular weight excluding hydrogens is 476 g/mol. The molecule has 6 aromatic rings. The lowest BCUT2D eigenvalue weighted by Crippen LogP contribution is -2.13. The Morgan fingerprint density at radius 3 is 1.91 bits per heavy atom. The minimum Gasteiger partial charge on any atom is -0.237 e. The summed E-state index contributed by atoms with van der Waals surface area (Å²) in [6.45, 7) is 0. The van der Waals surface area contributed by atoms with Gasteiger partial charge in [0.15, 0.2) is 5.65 Å². The highest BCUT2D eigenvalue weighted by atomic mass is 35.5. The molecule has 4 nitrogen and oxygen atoms in total. The summed E-state index contributed by atoms with van der Waals surface area (Å²) in [5.74, 6) is 0. The number of rotatable bonds is 4. The van der Waals surface area contributed by atoms with Gasteiger partial charge in [-0.3, -0.25) is 0 Å². The van der Waals surface area contributed by atoms with Gasteiger partial charge in [0.25, 0.3) is 10.0 Å².